The molecule has 0 aromatic carbocycles. The van der Waals surface area contributed by atoms with Crippen molar-refractivity contribution in [2.45, 2.75) is 19.0 Å². The zero-order valence-corrected chi connectivity index (χ0v) is 16.5. The summed E-state index contributed by atoms with van der Waals surface area (Å²) in [6.07, 6.45) is 4.39. The largest absolute Gasteiger partial charge is 0.459 e. The van der Waals surface area contributed by atoms with E-state index < -0.39 is 6.17 Å². The summed E-state index contributed by atoms with van der Waals surface area (Å²) in [5, 5.41) is 3.34. The number of carbonyl (C=O) groups excluding carboxylic acids is 3. The molecular formula is C21H23N5O4. The highest BCUT2D eigenvalue weighted by atomic mass is 16.3. The number of aromatic nitrogens is 1. The quantitative estimate of drug-likeness (QED) is 0.810. The normalized spacial score (nSPS) is 22.1. The van der Waals surface area contributed by atoms with Crippen molar-refractivity contribution < 1.29 is 18.8 Å². The van der Waals surface area contributed by atoms with E-state index in [1.165, 1.54) is 17.4 Å². The Labute approximate surface area is 173 Å². The molecule has 2 saturated heterocycles. The maximum atomic E-state index is 13.3. The van der Waals surface area contributed by atoms with Crippen molar-refractivity contribution in [2.75, 3.05) is 37.6 Å². The SMILES string of the molecule is O=C1CN2C(=O)c3ncccc3N(C(=O)c3ccco3)C2CN1CC1CCNCC1. The minimum atomic E-state index is -0.591. The molecule has 30 heavy (non-hydrogen) atoms. The summed E-state index contributed by atoms with van der Waals surface area (Å²) in [7, 11) is 0. The number of amides is 3. The molecule has 3 amide bonds. The van der Waals surface area contributed by atoms with Crippen LogP contribution in [-0.2, 0) is 4.79 Å². The van der Waals surface area contributed by atoms with E-state index in [9.17, 15) is 14.4 Å². The van der Waals surface area contributed by atoms with E-state index in [0.717, 1.165) is 25.9 Å². The Morgan fingerprint density at radius 3 is 2.80 bits per heavy atom. The van der Waals surface area contributed by atoms with Gasteiger partial charge in [0, 0.05) is 12.7 Å². The van der Waals surface area contributed by atoms with Crippen molar-refractivity contribution in [1.82, 2.24) is 20.1 Å². The smallest absolute Gasteiger partial charge is 0.295 e. The second kappa shape index (κ2) is 7.56. The monoisotopic (exact) mass is 409 g/mol. The minimum Gasteiger partial charge on any atom is -0.459 e. The molecule has 9 nitrogen and oxygen atoms in total. The summed E-state index contributed by atoms with van der Waals surface area (Å²) < 4.78 is 5.34. The van der Waals surface area contributed by atoms with E-state index in [1.54, 1.807) is 34.1 Å². The van der Waals surface area contributed by atoms with Crippen molar-refractivity contribution in [1.29, 1.82) is 0 Å². The van der Waals surface area contributed by atoms with E-state index in [0.29, 0.717) is 18.2 Å². The molecule has 0 spiro atoms. The van der Waals surface area contributed by atoms with Gasteiger partial charge in [0.05, 0.1) is 18.5 Å². The number of hydrogen-bond acceptors (Lipinski definition) is 6. The molecule has 1 atom stereocenters. The number of fused-ring (bicyclic) bond motifs is 2. The molecule has 0 saturated carbocycles. The topological polar surface area (TPSA) is 99.0 Å². The summed E-state index contributed by atoms with van der Waals surface area (Å²) in [4.78, 5) is 48.2. The summed E-state index contributed by atoms with van der Waals surface area (Å²) >= 11 is 0. The maximum absolute atomic E-state index is 13.3. The number of carbonyl (C=O) groups is 3. The van der Waals surface area contributed by atoms with Crippen LogP contribution >= 0.6 is 0 Å². The molecular weight excluding hydrogens is 386 g/mol. The number of piperazine rings is 1. The third-order valence-corrected chi connectivity index (χ3v) is 6.10. The van der Waals surface area contributed by atoms with E-state index in [1.807, 2.05) is 0 Å². The molecule has 1 N–H and O–H groups in total. The molecule has 9 heteroatoms. The van der Waals surface area contributed by atoms with Gasteiger partial charge in [-0.25, -0.2) is 4.98 Å². The van der Waals surface area contributed by atoms with Crippen molar-refractivity contribution in [3.05, 3.63) is 48.2 Å². The summed E-state index contributed by atoms with van der Waals surface area (Å²) in [5.41, 5.74) is 0.620. The highest BCUT2D eigenvalue weighted by Gasteiger charge is 2.47. The number of hydrogen-bond donors (Lipinski definition) is 1. The number of piperidine rings is 1. The number of furan rings is 1. The maximum Gasteiger partial charge on any atom is 0.295 e. The van der Waals surface area contributed by atoms with Gasteiger partial charge in [-0.15, -0.1) is 0 Å². The first-order valence-electron chi connectivity index (χ1n) is 10.2. The molecule has 1 unspecified atom stereocenters. The lowest BCUT2D eigenvalue weighted by Crippen LogP contribution is -2.67. The van der Waals surface area contributed by atoms with Gasteiger partial charge in [0.1, 0.15) is 12.7 Å². The van der Waals surface area contributed by atoms with E-state index >= 15 is 0 Å². The Hall–Kier alpha value is -3.20. The molecule has 0 bridgehead atoms. The first-order valence-corrected chi connectivity index (χ1v) is 10.2. The van der Waals surface area contributed by atoms with Gasteiger partial charge < -0.3 is 19.5 Å². The third-order valence-electron chi connectivity index (χ3n) is 6.10. The van der Waals surface area contributed by atoms with Crippen LogP contribution in [0.5, 0.6) is 0 Å². The average Bonchev–Trinajstić information content (AvgIpc) is 3.31. The molecule has 3 aliphatic heterocycles. The van der Waals surface area contributed by atoms with Crippen molar-refractivity contribution in [2.24, 2.45) is 5.92 Å². The van der Waals surface area contributed by atoms with Crippen molar-refractivity contribution >= 4 is 23.4 Å². The minimum absolute atomic E-state index is 0.0631. The number of pyridine rings is 1. The number of nitrogens with one attached hydrogen (secondary N) is 1. The molecule has 156 valence electrons. The van der Waals surface area contributed by atoms with Gasteiger partial charge in [-0.05, 0) is 56.1 Å². The average molecular weight is 409 g/mol. The van der Waals surface area contributed by atoms with Crippen LogP contribution in [0.3, 0.4) is 0 Å². The van der Waals surface area contributed by atoms with Gasteiger partial charge in [0.15, 0.2) is 11.5 Å². The van der Waals surface area contributed by atoms with Crippen LogP contribution in [0.4, 0.5) is 5.69 Å². The van der Waals surface area contributed by atoms with Gasteiger partial charge in [-0.3, -0.25) is 19.3 Å². The van der Waals surface area contributed by atoms with Gasteiger partial charge in [0.2, 0.25) is 5.91 Å². The number of anilines is 1. The molecule has 5 heterocycles. The van der Waals surface area contributed by atoms with Crippen LogP contribution in [0.15, 0.2) is 41.1 Å². The van der Waals surface area contributed by atoms with Gasteiger partial charge in [-0.2, -0.15) is 0 Å². The summed E-state index contributed by atoms with van der Waals surface area (Å²) in [6.45, 7) is 2.75. The molecule has 2 fully saturated rings. The van der Waals surface area contributed by atoms with Crippen LogP contribution in [-0.4, -0.2) is 71.4 Å². The molecule has 2 aromatic heterocycles. The summed E-state index contributed by atoms with van der Waals surface area (Å²) in [6, 6.07) is 6.66. The first kappa shape index (κ1) is 18.8. The van der Waals surface area contributed by atoms with Crippen LogP contribution in [0.1, 0.15) is 33.9 Å². The lowest BCUT2D eigenvalue weighted by molar-refractivity contribution is -0.138. The second-order valence-corrected chi connectivity index (χ2v) is 7.93. The van der Waals surface area contributed by atoms with E-state index in [-0.39, 0.29) is 42.3 Å². The van der Waals surface area contributed by atoms with Crippen LogP contribution in [0.25, 0.3) is 0 Å². The van der Waals surface area contributed by atoms with Gasteiger partial charge in [-0.1, -0.05) is 0 Å². The van der Waals surface area contributed by atoms with Crippen molar-refractivity contribution in [3.63, 3.8) is 0 Å². The zero-order chi connectivity index (χ0) is 20.7. The molecule has 0 aliphatic carbocycles. The van der Waals surface area contributed by atoms with Gasteiger partial charge >= 0.3 is 0 Å². The van der Waals surface area contributed by atoms with E-state index in [4.69, 9.17) is 4.42 Å². The van der Waals surface area contributed by atoms with Gasteiger partial charge in [0.25, 0.3) is 11.8 Å². The number of nitrogens with zero attached hydrogens (tertiary/aromatic N) is 4. The highest BCUT2D eigenvalue weighted by molar-refractivity contribution is 6.12. The molecule has 0 radical (unpaired) electrons. The predicted octanol–water partition coefficient (Wildman–Crippen LogP) is 0.945. The lowest BCUT2D eigenvalue weighted by atomic mass is 9.96. The Kier molecular flexibility index (Phi) is 4.74. The second-order valence-electron chi connectivity index (χ2n) is 7.93. The molecule has 2 aromatic rings. The Bertz CT molecular complexity index is 970. The fourth-order valence-corrected chi connectivity index (χ4v) is 4.55. The highest BCUT2D eigenvalue weighted by Crippen LogP contribution is 2.33. The lowest BCUT2D eigenvalue weighted by Gasteiger charge is -2.49. The van der Waals surface area contributed by atoms with Crippen LogP contribution in [0, 0.1) is 5.92 Å². The zero-order valence-electron chi connectivity index (χ0n) is 16.5. The molecule has 5 rings (SSSR count). The fourth-order valence-electron chi connectivity index (χ4n) is 4.55. The molecule has 3 aliphatic rings. The van der Waals surface area contributed by atoms with E-state index in [2.05, 4.69) is 10.3 Å². The third kappa shape index (κ3) is 3.15. The van der Waals surface area contributed by atoms with Crippen LogP contribution < -0.4 is 10.2 Å². The number of rotatable bonds is 3. The Morgan fingerprint density at radius 2 is 2.03 bits per heavy atom. The Balaban J connectivity index is 1.49. The summed E-state index contributed by atoms with van der Waals surface area (Å²) in [5.74, 6) is -0.171. The van der Waals surface area contributed by atoms with Crippen LogP contribution in [0.2, 0.25) is 0 Å². The first-order chi connectivity index (χ1) is 14.6. The Morgan fingerprint density at radius 1 is 1.20 bits per heavy atom. The fraction of sp³-hybridized carbons (Fsp3) is 0.429. The van der Waals surface area contributed by atoms with Crippen molar-refractivity contribution in [3.8, 4) is 0 Å². The standard InChI is InChI=1S/C21H23N5O4/c27-18-13-25-17(12-24(18)11-14-5-8-22-9-6-14)26(20(28)16-4-2-10-30-16)15-3-1-7-23-19(15)21(25)29/h1-4,7,10,14,17,22H,5-6,8-9,11-13H2. The predicted molar refractivity (Wildman–Crippen MR) is 107 cm³/mol.